The molecule has 0 spiro atoms. The Hall–Kier alpha value is -0.590. The minimum absolute atomic E-state index is 1.05. The predicted molar refractivity (Wildman–Crippen MR) is 45.7 cm³/mol. The average molecular weight is 193 g/mol. The van der Waals surface area contributed by atoms with Gasteiger partial charge >= 0.3 is 0 Å². The molecule has 0 aromatic heterocycles. The Labute approximate surface area is 74.8 Å². The molecule has 0 aliphatic carbocycles. The molecule has 1 heterocycles. The van der Waals surface area contributed by atoms with E-state index in [4.69, 9.17) is 13.3 Å². The van der Waals surface area contributed by atoms with Crippen LogP contribution in [0.2, 0.25) is 0 Å². The molecule has 0 saturated heterocycles. The lowest BCUT2D eigenvalue weighted by molar-refractivity contribution is 0.308. The van der Waals surface area contributed by atoms with E-state index in [1.807, 2.05) is 0 Å². The second-order valence-corrected chi connectivity index (χ2v) is 2.75. The summed E-state index contributed by atoms with van der Waals surface area (Å²) >= 11 is -2.86. The zero-order valence-electron chi connectivity index (χ0n) is 7.14. The number of hydrogen-bond acceptors (Lipinski definition) is 4. The first-order valence-corrected chi connectivity index (χ1v) is 4.50. The molecule has 1 atom stereocenters. The molecule has 1 rings (SSSR count). The number of hydrogen-bond donors (Lipinski definition) is 1. The standard InChI is InChI=1S/C6H12N2.H2O3S/c1-3-8-5-4-7(2)6-8;1-4(2)3/h4-5H,3,6H2,1-2H3;(H2,1,2,3)/p-1. The SMILES string of the molecule is CCN1C=CN(C)C1.O=S([O-])O. The van der Waals surface area contributed by atoms with Gasteiger partial charge in [-0.3, -0.25) is 0 Å². The van der Waals surface area contributed by atoms with Gasteiger partial charge in [0.1, 0.15) is 0 Å². The topological polar surface area (TPSA) is 66.8 Å². The molecule has 0 aromatic carbocycles. The monoisotopic (exact) mass is 193 g/mol. The summed E-state index contributed by atoms with van der Waals surface area (Å²) in [4.78, 5) is 4.41. The van der Waals surface area contributed by atoms with E-state index in [0.717, 1.165) is 13.2 Å². The highest BCUT2D eigenvalue weighted by atomic mass is 32.2. The van der Waals surface area contributed by atoms with Crippen molar-refractivity contribution in [1.82, 2.24) is 9.80 Å². The highest BCUT2D eigenvalue weighted by Gasteiger charge is 2.03. The lowest BCUT2D eigenvalue weighted by Crippen LogP contribution is -2.21. The Bertz CT molecular complexity index is 170. The third-order valence-electron chi connectivity index (χ3n) is 1.34. The van der Waals surface area contributed by atoms with E-state index in [0.29, 0.717) is 0 Å². The van der Waals surface area contributed by atoms with Crippen LogP contribution in [0.5, 0.6) is 0 Å². The Morgan fingerprint density at radius 3 is 2.33 bits per heavy atom. The van der Waals surface area contributed by atoms with E-state index >= 15 is 0 Å². The highest BCUT2D eigenvalue weighted by Crippen LogP contribution is 2.00. The average Bonchev–Trinajstić information content (AvgIpc) is 2.34. The minimum atomic E-state index is -2.86. The summed E-state index contributed by atoms with van der Waals surface area (Å²) in [7, 11) is 2.08. The molecular weight excluding hydrogens is 180 g/mol. The molecule has 0 fully saturated rings. The fourth-order valence-corrected chi connectivity index (χ4v) is 0.794. The van der Waals surface area contributed by atoms with Gasteiger partial charge in [0.05, 0.1) is 18.0 Å². The third-order valence-corrected chi connectivity index (χ3v) is 1.34. The van der Waals surface area contributed by atoms with E-state index in [1.54, 1.807) is 0 Å². The summed E-state index contributed by atoms with van der Waals surface area (Å²) < 4.78 is 24.1. The van der Waals surface area contributed by atoms with Gasteiger partial charge < -0.3 is 18.9 Å². The van der Waals surface area contributed by atoms with Crippen LogP contribution in [0.15, 0.2) is 12.4 Å². The first-order valence-electron chi connectivity index (χ1n) is 3.47. The van der Waals surface area contributed by atoms with Crippen molar-refractivity contribution >= 4 is 11.4 Å². The van der Waals surface area contributed by atoms with Gasteiger partial charge in [0, 0.05) is 26.0 Å². The Morgan fingerprint density at radius 1 is 1.67 bits per heavy atom. The largest absolute Gasteiger partial charge is 0.750 e. The highest BCUT2D eigenvalue weighted by molar-refractivity contribution is 7.73. The van der Waals surface area contributed by atoms with Crippen LogP contribution in [-0.2, 0) is 11.4 Å². The molecule has 1 N–H and O–H groups in total. The molecule has 0 aromatic rings. The van der Waals surface area contributed by atoms with Gasteiger partial charge in [0.25, 0.3) is 0 Å². The summed E-state index contributed by atoms with van der Waals surface area (Å²) in [6, 6.07) is 0. The van der Waals surface area contributed by atoms with Crippen molar-refractivity contribution in [1.29, 1.82) is 0 Å². The molecule has 0 radical (unpaired) electrons. The van der Waals surface area contributed by atoms with Gasteiger partial charge in [0.2, 0.25) is 0 Å². The summed E-state index contributed by atoms with van der Waals surface area (Å²) in [5.74, 6) is 0. The Morgan fingerprint density at radius 2 is 2.17 bits per heavy atom. The van der Waals surface area contributed by atoms with Gasteiger partial charge in [-0.1, -0.05) is 0 Å². The van der Waals surface area contributed by atoms with Crippen LogP contribution in [-0.4, -0.2) is 43.4 Å². The second kappa shape index (κ2) is 5.99. The lowest BCUT2D eigenvalue weighted by atomic mass is 10.6. The molecule has 5 nitrogen and oxygen atoms in total. The van der Waals surface area contributed by atoms with Crippen molar-refractivity contribution < 1.29 is 13.3 Å². The van der Waals surface area contributed by atoms with Gasteiger partial charge in [-0.05, 0) is 6.92 Å². The molecule has 72 valence electrons. The summed E-state index contributed by atoms with van der Waals surface area (Å²) in [6.07, 6.45) is 4.20. The van der Waals surface area contributed by atoms with Crippen molar-refractivity contribution in [3.63, 3.8) is 0 Å². The minimum Gasteiger partial charge on any atom is -0.750 e. The van der Waals surface area contributed by atoms with E-state index in [2.05, 4.69) is 36.2 Å². The molecular formula is C6H13N2O3S-. The lowest BCUT2D eigenvalue weighted by Gasteiger charge is -2.14. The summed E-state index contributed by atoms with van der Waals surface area (Å²) in [6.45, 7) is 4.32. The fourth-order valence-electron chi connectivity index (χ4n) is 0.794. The zero-order valence-corrected chi connectivity index (χ0v) is 7.95. The van der Waals surface area contributed by atoms with E-state index in [-0.39, 0.29) is 0 Å². The molecule has 12 heavy (non-hydrogen) atoms. The van der Waals surface area contributed by atoms with Crippen LogP contribution in [0.3, 0.4) is 0 Å². The van der Waals surface area contributed by atoms with Crippen molar-refractivity contribution in [2.45, 2.75) is 6.92 Å². The van der Waals surface area contributed by atoms with Crippen molar-refractivity contribution in [2.24, 2.45) is 0 Å². The van der Waals surface area contributed by atoms with Gasteiger partial charge in [-0.15, -0.1) is 0 Å². The van der Waals surface area contributed by atoms with E-state index < -0.39 is 11.4 Å². The maximum absolute atomic E-state index is 8.56. The number of nitrogens with zero attached hydrogens (tertiary/aromatic N) is 2. The molecule has 1 aliphatic heterocycles. The third kappa shape index (κ3) is 6.14. The molecule has 1 unspecified atom stereocenters. The summed E-state index contributed by atoms with van der Waals surface area (Å²) in [5.41, 5.74) is 0. The molecule has 1 aliphatic rings. The smallest absolute Gasteiger partial charge is 0.0890 e. The number of rotatable bonds is 1. The van der Waals surface area contributed by atoms with E-state index in [9.17, 15) is 0 Å². The molecule has 0 amide bonds. The molecule has 0 saturated carbocycles. The molecule has 6 heteroatoms. The van der Waals surface area contributed by atoms with Gasteiger partial charge in [0.15, 0.2) is 0 Å². The van der Waals surface area contributed by atoms with Gasteiger partial charge in [-0.2, -0.15) is 0 Å². The van der Waals surface area contributed by atoms with Crippen molar-refractivity contribution in [3.8, 4) is 0 Å². The molecule has 0 bridgehead atoms. The Kier molecular flexibility index (Phi) is 5.69. The van der Waals surface area contributed by atoms with Gasteiger partial charge in [-0.25, -0.2) is 4.21 Å². The quantitative estimate of drug-likeness (QED) is 0.595. The normalized spacial score (nSPS) is 17.3. The van der Waals surface area contributed by atoms with Crippen molar-refractivity contribution in [3.05, 3.63) is 12.4 Å². The first kappa shape index (κ1) is 11.4. The van der Waals surface area contributed by atoms with Crippen LogP contribution >= 0.6 is 0 Å². The van der Waals surface area contributed by atoms with Crippen LogP contribution in [0.4, 0.5) is 0 Å². The van der Waals surface area contributed by atoms with Crippen LogP contribution in [0.25, 0.3) is 0 Å². The maximum atomic E-state index is 8.56. The Balaban J connectivity index is 0.000000261. The zero-order chi connectivity index (χ0) is 9.56. The maximum Gasteiger partial charge on any atom is 0.0890 e. The summed E-state index contributed by atoms with van der Waals surface area (Å²) in [5, 5.41) is 0. The second-order valence-electron chi connectivity index (χ2n) is 2.32. The first-order chi connectivity index (χ1) is 5.56. The van der Waals surface area contributed by atoms with Crippen LogP contribution < -0.4 is 0 Å². The van der Waals surface area contributed by atoms with Crippen molar-refractivity contribution in [2.75, 3.05) is 20.3 Å². The van der Waals surface area contributed by atoms with E-state index in [1.165, 1.54) is 0 Å². The predicted octanol–water partition coefficient (Wildman–Crippen LogP) is 0.0209. The van der Waals surface area contributed by atoms with Crippen LogP contribution in [0, 0.1) is 0 Å². The van der Waals surface area contributed by atoms with Crippen LogP contribution in [0.1, 0.15) is 6.92 Å². The fraction of sp³-hybridized carbons (Fsp3) is 0.667.